The van der Waals surface area contributed by atoms with E-state index in [-0.39, 0.29) is 88.6 Å². The Hall–Kier alpha value is 0.695. The molecule has 0 amide bonds. The Balaban J connectivity index is 0.00000576. The Labute approximate surface area is 309 Å². The molecule has 0 aromatic rings. The van der Waals surface area contributed by atoms with E-state index in [1.807, 2.05) is 0 Å². The predicted molar refractivity (Wildman–Crippen MR) is 161 cm³/mol. The van der Waals surface area contributed by atoms with E-state index in [0.717, 1.165) is 37.7 Å². The molecule has 26 heteroatoms. The number of rotatable bonds is 22. The smallest absolute Gasteiger partial charge is 0.748 e. The summed E-state index contributed by atoms with van der Waals surface area (Å²) in [5.41, 5.74) is 0. The SMILES string of the molecule is O=S(=O)([O-])CCNC1NC(NCC(O)CO)NC(NC2CCCC(NC3NC(NCCSOO[O-])NC(NCC(O)CO)N3)C2)N1.[Li+].[Li+]. The first kappa shape index (κ1) is 46.7. The molecule has 0 bridgehead atoms. The topological polar surface area (TPSA) is 324 Å². The predicted octanol–water partition coefficient (Wildman–Crippen LogP) is -14.8. The van der Waals surface area contributed by atoms with Gasteiger partial charge in [0.25, 0.3) is 0 Å². The monoisotopic (exact) mass is 720 g/mol. The first-order valence-electron chi connectivity index (χ1n) is 15.2. The minimum atomic E-state index is -4.39. The zero-order valence-corrected chi connectivity index (χ0v) is 28.9. The third kappa shape index (κ3) is 19.5. The molecular formula is C22H50Li2N12O10S2. The first-order valence-corrected chi connectivity index (χ1v) is 17.7. The van der Waals surface area contributed by atoms with Gasteiger partial charge in [-0.25, -0.2) is 8.42 Å². The summed E-state index contributed by atoms with van der Waals surface area (Å²) in [5, 5.41) is 90.4. The third-order valence-electron chi connectivity index (χ3n) is 7.33. The number of hydrogen-bond donors (Lipinski definition) is 16. The van der Waals surface area contributed by atoms with Crippen molar-refractivity contribution >= 4 is 22.2 Å². The van der Waals surface area contributed by atoms with Gasteiger partial charge in [0, 0.05) is 56.1 Å². The Morgan fingerprint density at radius 1 is 0.750 bits per heavy atom. The molecule has 2 heterocycles. The molecule has 0 spiro atoms. The Morgan fingerprint density at radius 2 is 1.19 bits per heavy atom. The van der Waals surface area contributed by atoms with Crippen molar-refractivity contribution in [3.8, 4) is 0 Å². The van der Waals surface area contributed by atoms with Crippen molar-refractivity contribution in [1.82, 2.24) is 63.8 Å². The van der Waals surface area contributed by atoms with Crippen LogP contribution in [0.4, 0.5) is 0 Å². The van der Waals surface area contributed by atoms with Gasteiger partial charge in [-0.1, -0.05) is 6.42 Å². The Morgan fingerprint density at radius 3 is 1.62 bits per heavy atom. The Bertz CT molecular complexity index is 952. The van der Waals surface area contributed by atoms with Crippen LogP contribution in [0.5, 0.6) is 0 Å². The number of hydrogen-bond acceptors (Lipinski definition) is 23. The van der Waals surface area contributed by atoms with E-state index < -0.39 is 59.8 Å². The zero-order valence-electron chi connectivity index (χ0n) is 27.3. The van der Waals surface area contributed by atoms with Crippen molar-refractivity contribution in [2.75, 3.05) is 50.9 Å². The van der Waals surface area contributed by atoms with Gasteiger partial charge in [-0.3, -0.25) is 68.8 Å². The maximum atomic E-state index is 11.0. The number of nitrogens with one attached hydrogen (secondary N) is 12. The van der Waals surface area contributed by atoms with Crippen LogP contribution in [0.1, 0.15) is 25.7 Å². The van der Waals surface area contributed by atoms with Gasteiger partial charge in [0.1, 0.15) is 37.7 Å². The molecule has 22 nitrogen and oxygen atoms in total. The molecule has 1 aliphatic carbocycles. The quantitative estimate of drug-likeness (QED) is 0.0123. The van der Waals surface area contributed by atoms with Crippen LogP contribution < -0.4 is 107 Å². The molecule has 48 heavy (non-hydrogen) atoms. The van der Waals surface area contributed by atoms with E-state index in [2.05, 4.69) is 73.2 Å². The van der Waals surface area contributed by atoms with Gasteiger partial charge in [0.05, 0.1) is 41.3 Å². The summed E-state index contributed by atoms with van der Waals surface area (Å²) in [6, 6.07) is 0.175. The molecule has 3 rings (SSSR count). The second-order valence-electron chi connectivity index (χ2n) is 11.1. The molecule has 2 aliphatic heterocycles. The molecule has 10 unspecified atom stereocenters. The molecule has 2 saturated heterocycles. The molecular weight excluding hydrogens is 670 g/mol. The number of aliphatic hydroxyl groups is 4. The van der Waals surface area contributed by atoms with Crippen LogP contribution >= 0.6 is 12.0 Å². The summed E-state index contributed by atoms with van der Waals surface area (Å²) in [6.45, 7) is -0.156. The molecule has 3 fully saturated rings. The minimum absolute atomic E-state index is 0. The van der Waals surface area contributed by atoms with Gasteiger partial charge in [0.2, 0.25) is 0 Å². The van der Waals surface area contributed by atoms with E-state index in [4.69, 9.17) is 5.11 Å². The fourth-order valence-corrected chi connectivity index (χ4v) is 5.86. The van der Waals surface area contributed by atoms with E-state index in [1.165, 1.54) is 0 Å². The Kier molecular flexibility index (Phi) is 24.9. The van der Waals surface area contributed by atoms with E-state index in [0.29, 0.717) is 12.3 Å². The average molecular weight is 721 g/mol. The molecule has 3 aliphatic rings. The summed E-state index contributed by atoms with van der Waals surface area (Å²) in [5.74, 6) is -0.136. The third-order valence-corrected chi connectivity index (χ3v) is 8.55. The fourth-order valence-electron chi connectivity index (χ4n) is 5.18. The number of aliphatic hydroxyl groups excluding tert-OH is 4. The molecule has 10 atom stereocenters. The minimum Gasteiger partial charge on any atom is -0.748 e. The summed E-state index contributed by atoms with van der Waals surface area (Å²) in [4.78, 5) is 0. The molecule has 272 valence electrons. The van der Waals surface area contributed by atoms with Crippen LogP contribution in [-0.2, 0) is 19.5 Å². The van der Waals surface area contributed by atoms with Crippen LogP contribution in [0.3, 0.4) is 0 Å². The van der Waals surface area contributed by atoms with Gasteiger partial charge in [-0.2, -0.15) is 4.33 Å². The standard InChI is InChI=1S/C22H52N12O10S2.2Li/c35-11-15(37)9-25-19-29-17(23-4-6-45-44-43-39)31-21(33-19)27-13-2-1-3-14(8-13)28-22-32-18(24-5-7-46(40,41)42)30-20(34-22)26-10-16(38)12-36;;/h13-39H,1-12H2,(H,40,41,42);;/q;2*+1/p-2. The van der Waals surface area contributed by atoms with E-state index in [1.54, 1.807) is 0 Å². The average Bonchev–Trinajstić information content (AvgIpc) is 3.01. The molecule has 0 aromatic carbocycles. The summed E-state index contributed by atoms with van der Waals surface area (Å²) in [7, 11) is -4.39. The largest absolute Gasteiger partial charge is 1.00 e. The van der Waals surface area contributed by atoms with Gasteiger partial charge < -0.3 is 30.2 Å². The van der Waals surface area contributed by atoms with Crippen LogP contribution in [0, 0.1) is 0 Å². The second-order valence-corrected chi connectivity index (χ2v) is 13.4. The molecule has 1 saturated carbocycles. The zero-order chi connectivity index (χ0) is 33.4. The molecule has 16 N–H and O–H groups in total. The van der Waals surface area contributed by atoms with Crippen LogP contribution in [0.2, 0.25) is 0 Å². The van der Waals surface area contributed by atoms with Crippen molar-refractivity contribution in [3.05, 3.63) is 0 Å². The van der Waals surface area contributed by atoms with Gasteiger partial charge in [-0.05, 0) is 19.3 Å². The van der Waals surface area contributed by atoms with Gasteiger partial charge >= 0.3 is 37.7 Å². The van der Waals surface area contributed by atoms with Crippen molar-refractivity contribution in [3.63, 3.8) is 0 Å². The van der Waals surface area contributed by atoms with Crippen molar-refractivity contribution in [2.24, 2.45) is 0 Å². The summed E-state index contributed by atoms with van der Waals surface area (Å²) >= 11 is 0.866. The van der Waals surface area contributed by atoms with Crippen LogP contribution in [0.15, 0.2) is 0 Å². The van der Waals surface area contributed by atoms with E-state index in [9.17, 15) is 33.5 Å². The fraction of sp³-hybridized carbons (Fsp3) is 1.00. The van der Waals surface area contributed by atoms with Crippen molar-refractivity contribution in [1.29, 1.82) is 0 Å². The van der Waals surface area contributed by atoms with Crippen molar-refractivity contribution < 1.29 is 85.7 Å². The maximum absolute atomic E-state index is 11.0. The normalized spacial score (nSPS) is 31.0. The van der Waals surface area contributed by atoms with Crippen molar-refractivity contribution in [2.45, 2.75) is 87.7 Å². The van der Waals surface area contributed by atoms with Crippen LogP contribution in [0.25, 0.3) is 0 Å². The molecule has 0 aromatic heterocycles. The van der Waals surface area contributed by atoms with Crippen LogP contribution in [-0.4, -0.2) is 146 Å². The maximum Gasteiger partial charge on any atom is 1.00 e. The summed E-state index contributed by atoms with van der Waals surface area (Å²) in [6.07, 6.45) is -1.10. The summed E-state index contributed by atoms with van der Waals surface area (Å²) < 4.78 is 37.4. The first-order chi connectivity index (χ1) is 22.1. The van der Waals surface area contributed by atoms with E-state index >= 15 is 0 Å². The second kappa shape index (κ2) is 25.6. The molecule has 0 radical (unpaired) electrons. The van der Waals surface area contributed by atoms with Gasteiger partial charge in [-0.15, -0.1) is 0 Å². The van der Waals surface area contributed by atoms with Gasteiger partial charge in [0.15, 0.2) is 0 Å².